The van der Waals surface area contributed by atoms with E-state index in [1.165, 1.54) is 4.88 Å². The number of aliphatic hydroxyl groups is 1. The highest BCUT2D eigenvalue weighted by Crippen LogP contribution is 2.29. The van der Waals surface area contributed by atoms with E-state index in [2.05, 4.69) is 5.32 Å². The van der Waals surface area contributed by atoms with E-state index >= 15 is 0 Å². The third-order valence-corrected chi connectivity index (χ3v) is 3.80. The van der Waals surface area contributed by atoms with Gasteiger partial charge in [-0.2, -0.15) is 0 Å². The monoisotopic (exact) mass is 307 g/mol. The zero-order valence-electron chi connectivity index (χ0n) is 12.3. The number of benzene rings is 1. The number of methoxy groups -OCH3 is 1. The Morgan fingerprint density at radius 3 is 2.81 bits per heavy atom. The van der Waals surface area contributed by atoms with Crippen molar-refractivity contribution in [2.75, 3.05) is 13.7 Å². The van der Waals surface area contributed by atoms with E-state index < -0.39 is 0 Å². The Labute approximate surface area is 129 Å². The van der Waals surface area contributed by atoms with Crippen molar-refractivity contribution in [3.8, 4) is 11.5 Å². The standard InChI is InChI=1S/C16H21NO3S/c1-12(18)9-17-10-13-5-6-15(16(8-13)19-2)20-11-14-4-3-7-21-14/h3-8,12,17-18H,9-11H2,1-2H3. The summed E-state index contributed by atoms with van der Waals surface area (Å²) in [7, 11) is 1.64. The SMILES string of the molecule is COc1cc(CNCC(C)O)ccc1OCc1cccs1. The molecule has 2 rings (SSSR count). The van der Waals surface area contributed by atoms with Gasteiger partial charge in [0.2, 0.25) is 0 Å². The molecule has 1 aromatic heterocycles. The fraction of sp³-hybridized carbons (Fsp3) is 0.375. The zero-order chi connectivity index (χ0) is 15.1. The van der Waals surface area contributed by atoms with E-state index in [4.69, 9.17) is 9.47 Å². The maximum atomic E-state index is 9.23. The molecule has 0 amide bonds. The van der Waals surface area contributed by atoms with Crippen molar-refractivity contribution >= 4 is 11.3 Å². The maximum absolute atomic E-state index is 9.23. The van der Waals surface area contributed by atoms with E-state index in [-0.39, 0.29) is 6.10 Å². The van der Waals surface area contributed by atoms with Crippen molar-refractivity contribution in [1.29, 1.82) is 0 Å². The summed E-state index contributed by atoms with van der Waals surface area (Å²) >= 11 is 1.67. The smallest absolute Gasteiger partial charge is 0.161 e. The zero-order valence-corrected chi connectivity index (χ0v) is 13.2. The largest absolute Gasteiger partial charge is 0.493 e. The topological polar surface area (TPSA) is 50.7 Å². The average Bonchev–Trinajstić information content (AvgIpc) is 2.98. The van der Waals surface area contributed by atoms with Crippen LogP contribution < -0.4 is 14.8 Å². The molecule has 0 fully saturated rings. The molecule has 0 spiro atoms. The highest BCUT2D eigenvalue weighted by molar-refractivity contribution is 7.09. The van der Waals surface area contributed by atoms with E-state index in [9.17, 15) is 5.11 Å². The van der Waals surface area contributed by atoms with Crippen molar-refractivity contribution in [3.05, 3.63) is 46.2 Å². The molecule has 21 heavy (non-hydrogen) atoms. The van der Waals surface area contributed by atoms with Crippen LogP contribution in [0, 0.1) is 0 Å². The molecule has 0 aliphatic carbocycles. The van der Waals surface area contributed by atoms with Crippen molar-refractivity contribution in [3.63, 3.8) is 0 Å². The summed E-state index contributed by atoms with van der Waals surface area (Å²) in [5, 5.41) is 14.4. The molecule has 0 bridgehead atoms. The molecular weight excluding hydrogens is 286 g/mol. The van der Waals surface area contributed by atoms with Crippen LogP contribution in [-0.4, -0.2) is 24.9 Å². The number of aliphatic hydroxyl groups excluding tert-OH is 1. The number of hydrogen-bond acceptors (Lipinski definition) is 5. The Morgan fingerprint density at radius 1 is 1.29 bits per heavy atom. The number of ether oxygens (including phenoxy) is 2. The van der Waals surface area contributed by atoms with Gasteiger partial charge in [-0.1, -0.05) is 12.1 Å². The summed E-state index contributed by atoms with van der Waals surface area (Å²) < 4.78 is 11.2. The second kappa shape index (κ2) is 8.02. The van der Waals surface area contributed by atoms with Crippen molar-refractivity contribution in [1.82, 2.24) is 5.32 Å². The molecule has 0 saturated carbocycles. The Morgan fingerprint density at radius 2 is 2.14 bits per heavy atom. The van der Waals surface area contributed by atoms with E-state index in [1.807, 2.05) is 35.7 Å². The lowest BCUT2D eigenvalue weighted by Gasteiger charge is -2.12. The summed E-state index contributed by atoms with van der Waals surface area (Å²) in [6.45, 7) is 3.56. The Balaban J connectivity index is 1.95. The van der Waals surface area contributed by atoms with Crippen LogP contribution in [0.2, 0.25) is 0 Å². The minimum Gasteiger partial charge on any atom is -0.493 e. The van der Waals surface area contributed by atoms with Crippen molar-refractivity contribution < 1.29 is 14.6 Å². The van der Waals surface area contributed by atoms with Crippen LogP contribution in [0.5, 0.6) is 11.5 Å². The van der Waals surface area contributed by atoms with Gasteiger partial charge in [0.25, 0.3) is 0 Å². The van der Waals surface area contributed by atoms with Gasteiger partial charge in [-0.25, -0.2) is 0 Å². The van der Waals surface area contributed by atoms with Crippen LogP contribution in [0.1, 0.15) is 17.4 Å². The highest BCUT2D eigenvalue weighted by Gasteiger charge is 2.07. The molecule has 114 valence electrons. The van der Waals surface area contributed by atoms with Crippen LogP contribution in [0.3, 0.4) is 0 Å². The molecule has 0 radical (unpaired) electrons. The third-order valence-electron chi connectivity index (χ3n) is 2.95. The molecule has 5 heteroatoms. The van der Waals surface area contributed by atoms with Crippen LogP contribution >= 0.6 is 11.3 Å². The Kier molecular flexibility index (Phi) is 6.04. The van der Waals surface area contributed by atoms with E-state index in [0.717, 1.165) is 17.1 Å². The predicted molar refractivity (Wildman–Crippen MR) is 85.0 cm³/mol. The van der Waals surface area contributed by atoms with Crippen LogP contribution in [0.25, 0.3) is 0 Å². The van der Waals surface area contributed by atoms with Gasteiger partial charge in [0.05, 0.1) is 13.2 Å². The van der Waals surface area contributed by atoms with Gasteiger partial charge in [-0.15, -0.1) is 11.3 Å². The van der Waals surface area contributed by atoms with Gasteiger partial charge in [0.1, 0.15) is 6.61 Å². The highest BCUT2D eigenvalue weighted by atomic mass is 32.1. The molecule has 1 unspecified atom stereocenters. The molecule has 1 atom stereocenters. The molecule has 0 aliphatic rings. The first-order chi connectivity index (χ1) is 10.2. The van der Waals surface area contributed by atoms with E-state index in [1.54, 1.807) is 25.4 Å². The molecule has 0 aliphatic heterocycles. The number of nitrogens with one attached hydrogen (secondary N) is 1. The summed E-state index contributed by atoms with van der Waals surface area (Å²) in [5.74, 6) is 1.47. The average molecular weight is 307 g/mol. The van der Waals surface area contributed by atoms with Gasteiger partial charge in [-0.3, -0.25) is 0 Å². The Bertz CT molecular complexity index is 540. The second-order valence-electron chi connectivity index (χ2n) is 4.83. The molecule has 2 aromatic rings. The molecule has 0 saturated heterocycles. The van der Waals surface area contributed by atoms with Crippen LogP contribution in [-0.2, 0) is 13.2 Å². The first-order valence-electron chi connectivity index (χ1n) is 6.90. The minimum atomic E-state index is -0.347. The molecule has 1 heterocycles. The Hall–Kier alpha value is -1.56. The third kappa shape index (κ3) is 5.04. The van der Waals surface area contributed by atoms with Gasteiger partial charge in [-0.05, 0) is 36.1 Å². The van der Waals surface area contributed by atoms with Gasteiger partial charge in [0, 0.05) is 18.0 Å². The van der Waals surface area contributed by atoms with Crippen LogP contribution in [0.4, 0.5) is 0 Å². The predicted octanol–water partition coefficient (Wildman–Crippen LogP) is 2.81. The summed E-state index contributed by atoms with van der Waals surface area (Å²) in [5.41, 5.74) is 1.09. The van der Waals surface area contributed by atoms with Crippen LogP contribution in [0.15, 0.2) is 35.7 Å². The molecule has 2 N–H and O–H groups in total. The number of thiophene rings is 1. The van der Waals surface area contributed by atoms with Gasteiger partial charge < -0.3 is 19.9 Å². The summed E-state index contributed by atoms with van der Waals surface area (Å²) in [6.07, 6.45) is -0.347. The normalized spacial score (nSPS) is 12.1. The minimum absolute atomic E-state index is 0.347. The number of rotatable bonds is 8. The summed E-state index contributed by atoms with van der Waals surface area (Å²) in [6, 6.07) is 9.94. The lowest BCUT2D eigenvalue weighted by molar-refractivity contribution is 0.191. The fourth-order valence-corrected chi connectivity index (χ4v) is 2.53. The molecule has 4 nitrogen and oxygen atoms in total. The molecule has 1 aromatic carbocycles. The quantitative estimate of drug-likeness (QED) is 0.787. The first kappa shape index (κ1) is 15.8. The summed E-state index contributed by atoms with van der Waals surface area (Å²) in [4.78, 5) is 1.18. The second-order valence-corrected chi connectivity index (χ2v) is 5.87. The van der Waals surface area contributed by atoms with Gasteiger partial charge >= 0.3 is 0 Å². The lowest BCUT2D eigenvalue weighted by atomic mass is 10.2. The van der Waals surface area contributed by atoms with Crippen molar-refractivity contribution in [2.24, 2.45) is 0 Å². The number of hydrogen-bond donors (Lipinski definition) is 2. The maximum Gasteiger partial charge on any atom is 0.161 e. The van der Waals surface area contributed by atoms with E-state index in [0.29, 0.717) is 19.7 Å². The van der Waals surface area contributed by atoms with Gasteiger partial charge in [0.15, 0.2) is 11.5 Å². The fourth-order valence-electron chi connectivity index (χ4n) is 1.91. The molecular formula is C16H21NO3S. The lowest BCUT2D eigenvalue weighted by Crippen LogP contribution is -2.23. The van der Waals surface area contributed by atoms with Crippen molar-refractivity contribution in [2.45, 2.75) is 26.2 Å². The first-order valence-corrected chi connectivity index (χ1v) is 7.78.